The van der Waals surface area contributed by atoms with Crippen LogP contribution in [0.25, 0.3) is 0 Å². The number of hydrogen-bond acceptors (Lipinski definition) is 2. The Morgan fingerprint density at radius 2 is 2.38 bits per heavy atom. The lowest BCUT2D eigenvalue weighted by Gasteiger charge is -2.04. The van der Waals surface area contributed by atoms with Gasteiger partial charge in [0.05, 0.1) is 5.69 Å². The third-order valence-corrected chi connectivity index (χ3v) is 2.28. The molecule has 1 amide bonds. The summed E-state index contributed by atoms with van der Waals surface area (Å²) in [6, 6.07) is 1.83. The first-order chi connectivity index (χ1) is 7.72. The van der Waals surface area contributed by atoms with Crippen molar-refractivity contribution >= 4 is 5.91 Å². The van der Waals surface area contributed by atoms with Crippen molar-refractivity contribution in [3.63, 3.8) is 0 Å². The molecule has 0 aliphatic rings. The molecular weight excluding hydrogens is 202 g/mol. The Balaban J connectivity index is 2.74. The van der Waals surface area contributed by atoms with Gasteiger partial charge >= 0.3 is 0 Å². The summed E-state index contributed by atoms with van der Waals surface area (Å²) in [5.74, 6) is 2.38. The molecule has 1 N–H and O–H groups in total. The highest BCUT2D eigenvalue weighted by molar-refractivity contribution is 5.92. The quantitative estimate of drug-likeness (QED) is 0.598. The molecule has 0 unspecified atom stereocenters. The minimum absolute atomic E-state index is 0.107. The highest BCUT2D eigenvalue weighted by Crippen LogP contribution is 2.05. The molecule has 16 heavy (non-hydrogen) atoms. The second-order valence-electron chi connectivity index (χ2n) is 3.40. The summed E-state index contributed by atoms with van der Waals surface area (Å²) in [5, 5.41) is 7.08. The number of carbonyl (C=O) groups is 1. The molecule has 0 atom stereocenters. The molecule has 0 radical (unpaired) electrons. The molecule has 0 saturated carbocycles. The highest BCUT2D eigenvalue weighted by atomic mass is 16.2. The van der Waals surface area contributed by atoms with E-state index in [1.165, 1.54) is 0 Å². The van der Waals surface area contributed by atoms with Crippen LogP contribution in [0.4, 0.5) is 0 Å². The maximum absolute atomic E-state index is 11.8. The molecule has 1 aromatic rings. The molecule has 0 bridgehead atoms. The zero-order chi connectivity index (χ0) is 12.0. The Bertz CT molecular complexity index is 401. The SMILES string of the molecule is C#CCCNC(=O)c1cc(CC)nn1CC. The van der Waals surface area contributed by atoms with Crippen LogP contribution in [0.3, 0.4) is 0 Å². The van der Waals surface area contributed by atoms with E-state index in [9.17, 15) is 4.79 Å². The van der Waals surface area contributed by atoms with E-state index in [0.717, 1.165) is 12.1 Å². The van der Waals surface area contributed by atoms with Crippen LogP contribution in [-0.2, 0) is 13.0 Å². The van der Waals surface area contributed by atoms with Crippen molar-refractivity contribution in [2.75, 3.05) is 6.54 Å². The number of hydrogen-bond donors (Lipinski definition) is 1. The van der Waals surface area contributed by atoms with Crippen LogP contribution in [0.5, 0.6) is 0 Å². The van der Waals surface area contributed by atoms with Crippen molar-refractivity contribution in [2.45, 2.75) is 33.2 Å². The predicted octanol–water partition coefficient (Wildman–Crippen LogP) is 1.22. The topological polar surface area (TPSA) is 46.9 Å². The van der Waals surface area contributed by atoms with Gasteiger partial charge in [-0.05, 0) is 19.4 Å². The Morgan fingerprint density at radius 3 is 2.94 bits per heavy atom. The third-order valence-electron chi connectivity index (χ3n) is 2.28. The lowest BCUT2D eigenvalue weighted by Crippen LogP contribution is -2.26. The number of nitrogens with zero attached hydrogens (tertiary/aromatic N) is 2. The summed E-state index contributed by atoms with van der Waals surface area (Å²) >= 11 is 0. The monoisotopic (exact) mass is 219 g/mol. The van der Waals surface area contributed by atoms with Crippen molar-refractivity contribution < 1.29 is 4.79 Å². The summed E-state index contributed by atoms with van der Waals surface area (Å²) in [6.07, 6.45) is 6.50. The Labute approximate surface area is 96.0 Å². The van der Waals surface area contributed by atoms with E-state index in [1.807, 2.05) is 19.9 Å². The summed E-state index contributed by atoms with van der Waals surface area (Å²) in [5.41, 5.74) is 1.54. The van der Waals surface area contributed by atoms with E-state index >= 15 is 0 Å². The van der Waals surface area contributed by atoms with Crippen LogP contribution in [0.2, 0.25) is 0 Å². The molecule has 4 heteroatoms. The van der Waals surface area contributed by atoms with Gasteiger partial charge < -0.3 is 5.32 Å². The number of nitrogens with one attached hydrogen (secondary N) is 1. The Morgan fingerprint density at radius 1 is 1.62 bits per heavy atom. The molecule has 4 nitrogen and oxygen atoms in total. The van der Waals surface area contributed by atoms with Gasteiger partial charge in [-0.3, -0.25) is 9.48 Å². The van der Waals surface area contributed by atoms with Gasteiger partial charge in [-0.1, -0.05) is 6.92 Å². The minimum Gasteiger partial charge on any atom is -0.350 e. The van der Waals surface area contributed by atoms with Gasteiger partial charge in [0.2, 0.25) is 0 Å². The second kappa shape index (κ2) is 5.96. The molecule has 0 aromatic carbocycles. The first kappa shape index (κ1) is 12.3. The zero-order valence-corrected chi connectivity index (χ0v) is 9.79. The number of terminal acetylenes is 1. The fraction of sp³-hybridized carbons (Fsp3) is 0.500. The summed E-state index contributed by atoms with van der Waals surface area (Å²) in [6.45, 7) is 5.18. The van der Waals surface area contributed by atoms with Gasteiger partial charge in [0.25, 0.3) is 5.91 Å². The van der Waals surface area contributed by atoms with Crippen molar-refractivity contribution in [3.8, 4) is 12.3 Å². The first-order valence-electron chi connectivity index (χ1n) is 5.51. The molecule has 0 saturated heterocycles. The van der Waals surface area contributed by atoms with Gasteiger partial charge in [-0.25, -0.2) is 0 Å². The standard InChI is InChI=1S/C12H17N3O/c1-4-7-8-13-12(16)11-9-10(5-2)14-15(11)6-3/h1,9H,5-8H2,2-3H3,(H,13,16). The Hall–Kier alpha value is -1.76. The molecule has 0 fully saturated rings. The fourth-order valence-corrected chi connectivity index (χ4v) is 1.41. The maximum Gasteiger partial charge on any atom is 0.269 e. The number of aromatic nitrogens is 2. The molecule has 1 heterocycles. The van der Waals surface area contributed by atoms with Crippen molar-refractivity contribution in [2.24, 2.45) is 0 Å². The van der Waals surface area contributed by atoms with Gasteiger partial charge in [0, 0.05) is 19.5 Å². The van der Waals surface area contributed by atoms with E-state index in [4.69, 9.17) is 6.42 Å². The van der Waals surface area contributed by atoms with Gasteiger partial charge in [0.1, 0.15) is 5.69 Å². The van der Waals surface area contributed by atoms with Crippen LogP contribution in [-0.4, -0.2) is 22.2 Å². The molecule has 1 rings (SSSR count). The highest BCUT2D eigenvalue weighted by Gasteiger charge is 2.12. The van der Waals surface area contributed by atoms with Gasteiger partial charge in [-0.2, -0.15) is 5.10 Å². The van der Waals surface area contributed by atoms with Gasteiger partial charge in [-0.15, -0.1) is 12.3 Å². The van der Waals surface area contributed by atoms with Crippen LogP contribution >= 0.6 is 0 Å². The largest absolute Gasteiger partial charge is 0.350 e. The normalized spacial score (nSPS) is 9.81. The van der Waals surface area contributed by atoms with E-state index in [0.29, 0.717) is 25.2 Å². The Kier molecular flexibility index (Phi) is 4.59. The van der Waals surface area contributed by atoms with E-state index in [-0.39, 0.29) is 5.91 Å². The second-order valence-corrected chi connectivity index (χ2v) is 3.40. The zero-order valence-electron chi connectivity index (χ0n) is 9.79. The maximum atomic E-state index is 11.8. The number of amides is 1. The average molecular weight is 219 g/mol. The number of rotatable bonds is 5. The average Bonchev–Trinajstić information content (AvgIpc) is 2.72. The minimum atomic E-state index is -0.107. The molecule has 1 aromatic heterocycles. The van der Waals surface area contributed by atoms with Crippen LogP contribution < -0.4 is 5.32 Å². The van der Waals surface area contributed by atoms with E-state index in [2.05, 4.69) is 16.3 Å². The number of aryl methyl sites for hydroxylation is 2. The third kappa shape index (κ3) is 2.86. The van der Waals surface area contributed by atoms with Crippen molar-refractivity contribution in [1.82, 2.24) is 15.1 Å². The lowest BCUT2D eigenvalue weighted by molar-refractivity contribution is 0.0944. The smallest absolute Gasteiger partial charge is 0.269 e. The first-order valence-corrected chi connectivity index (χ1v) is 5.51. The molecule has 0 aliphatic carbocycles. The van der Waals surface area contributed by atoms with Crippen LogP contribution in [0.1, 0.15) is 36.5 Å². The van der Waals surface area contributed by atoms with Crippen molar-refractivity contribution in [1.29, 1.82) is 0 Å². The predicted molar refractivity (Wildman–Crippen MR) is 63.1 cm³/mol. The van der Waals surface area contributed by atoms with Crippen LogP contribution in [0, 0.1) is 12.3 Å². The molecule has 86 valence electrons. The summed E-state index contributed by atoms with van der Waals surface area (Å²) in [7, 11) is 0. The van der Waals surface area contributed by atoms with E-state index < -0.39 is 0 Å². The molecule has 0 spiro atoms. The lowest BCUT2D eigenvalue weighted by atomic mass is 10.3. The number of carbonyl (C=O) groups excluding carboxylic acids is 1. The summed E-state index contributed by atoms with van der Waals surface area (Å²) in [4.78, 5) is 11.8. The van der Waals surface area contributed by atoms with Crippen LogP contribution in [0.15, 0.2) is 6.07 Å². The molecular formula is C12H17N3O. The molecule has 0 aliphatic heterocycles. The van der Waals surface area contributed by atoms with E-state index in [1.54, 1.807) is 4.68 Å². The van der Waals surface area contributed by atoms with Crippen molar-refractivity contribution in [3.05, 3.63) is 17.5 Å². The summed E-state index contributed by atoms with van der Waals surface area (Å²) < 4.78 is 1.71. The fourth-order valence-electron chi connectivity index (χ4n) is 1.41. The van der Waals surface area contributed by atoms with Gasteiger partial charge in [0.15, 0.2) is 0 Å².